The van der Waals surface area contributed by atoms with E-state index < -0.39 is 0 Å². The Bertz CT molecular complexity index is 640. The van der Waals surface area contributed by atoms with Gasteiger partial charge in [-0.05, 0) is 24.1 Å². The van der Waals surface area contributed by atoms with Crippen LogP contribution >= 0.6 is 0 Å². The molecule has 2 heterocycles. The van der Waals surface area contributed by atoms with E-state index in [2.05, 4.69) is 21.0 Å². The third kappa shape index (κ3) is 1.98. The molecule has 0 spiro atoms. The van der Waals surface area contributed by atoms with E-state index in [4.69, 9.17) is 5.73 Å². The minimum absolute atomic E-state index is 0.120. The molecule has 3 N–H and O–H groups in total. The molecule has 0 aliphatic carbocycles. The van der Waals surface area contributed by atoms with E-state index in [1.54, 1.807) is 12.4 Å². The Labute approximate surface area is 105 Å². The minimum Gasteiger partial charge on any atom is -0.347 e. The second-order valence-electron chi connectivity index (χ2n) is 4.27. The highest BCUT2D eigenvalue weighted by molar-refractivity contribution is 5.81. The zero-order valence-corrected chi connectivity index (χ0v) is 9.88. The van der Waals surface area contributed by atoms with Gasteiger partial charge in [-0.3, -0.25) is 4.98 Å². The number of rotatable bonds is 3. The van der Waals surface area contributed by atoms with Crippen LogP contribution in [0.25, 0.3) is 10.9 Å². The number of para-hydroxylation sites is 1. The monoisotopic (exact) mass is 238 g/mol. The van der Waals surface area contributed by atoms with E-state index in [0.717, 1.165) is 23.1 Å². The van der Waals surface area contributed by atoms with Crippen LogP contribution in [0.3, 0.4) is 0 Å². The number of H-pyrrole nitrogens is 1. The molecule has 0 aliphatic heterocycles. The van der Waals surface area contributed by atoms with Gasteiger partial charge in [0.05, 0.1) is 11.6 Å². The molecule has 0 amide bonds. The molecule has 18 heavy (non-hydrogen) atoms. The number of fused-ring (bicyclic) bond motifs is 1. The maximum absolute atomic E-state index is 6.15. The Hall–Kier alpha value is -2.20. The van der Waals surface area contributed by atoms with Crippen molar-refractivity contribution in [1.82, 2.24) is 15.0 Å². The zero-order valence-electron chi connectivity index (χ0n) is 9.88. The molecule has 0 aliphatic rings. The molecule has 0 saturated heterocycles. The summed E-state index contributed by atoms with van der Waals surface area (Å²) in [5, 5.41) is 1.15. The molecule has 0 fully saturated rings. The molecular formula is C14H14N4. The number of nitrogens with two attached hydrogens (primary N) is 1. The standard InChI is InChI=1S/C14H14N4/c15-12(14-17-7-8-18-14)9-10-5-6-16-13-4-2-1-3-11(10)13/h1-8,12H,9,15H2,(H,17,18). The van der Waals surface area contributed by atoms with Crippen molar-refractivity contribution in [3.63, 3.8) is 0 Å². The Morgan fingerprint density at radius 3 is 2.83 bits per heavy atom. The van der Waals surface area contributed by atoms with E-state index in [9.17, 15) is 0 Å². The second kappa shape index (κ2) is 4.58. The van der Waals surface area contributed by atoms with Crippen molar-refractivity contribution in [3.8, 4) is 0 Å². The van der Waals surface area contributed by atoms with E-state index in [1.165, 1.54) is 5.56 Å². The third-order valence-corrected chi connectivity index (χ3v) is 3.05. The van der Waals surface area contributed by atoms with Crippen molar-refractivity contribution in [3.05, 3.63) is 60.3 Å². The van der Waals surface area contributed by atoms with Crippen LogP contribution in [0.4, 0.5) is 0 Å². The number of aromatic nitrogens is 3. The van der Waals surface area contributed by atoms with Crippen LogP contribution in [0, 0.1) is 0 Å². The number of imidazole rings is 1. The highest BCUT2D eigenvalue weighted by atomic mass is 14.9. The minimum atomic E-state index is -0.120. The van der Waals surface area contributed by atoms with Crippen LogP contribution in [0.5, 0.6) is 0 Å². The van der Waals surface area contributed by atoms with Crippen molar-refractivity contribution >= 4 is 10.9 Å². The zero-order chi connectivity index (χ0) is 12.4. The molecule has 1 aromatic carbocycles. The first-order valence-electron chi connectivity index (χ1n) is 5.92. The number of benzene rings is 1. The fraction of sp³-hybridized carbons (Fsp3) is 0.143. The van der Waals surface area contributed by atoms with Gasteiger partial charge in [0.15, 0.2) is 0 Å². The third-order valence-electron chi connectivity index (χ3n) is 3.05. The first-order chi connectivity index (χ1) is 8.84. The van der Waals surface area contributed by atoms with E-state index in [0.29, 0.717) is 0 Å². The summed E-state index contributed by atoms with van der Waals surface area (Å²) in [5.41, 5.74) is 8.35. The van der Waals surface area contributed by atoms with Gasteiger partial charge in [0.1, 0.15) is 5.82 Å². The summed E-state index contributed by atoms with van der Waals surface area (Å²) >= 11 is 0. The van der Waals surface area contributed by atoms with Crippen LogP contribution in [-0.2, 0) is 6.42 Å². The molecule has 1 unspecified atom stereocenters. The number of nitrogens with zero attached hydrogens (tertiary/aromatic N) is 2. The molecule has 0 radical (unpaired) electrons. The lowest BCUT2D eigenvalue weighted by molar-refractivity contribution is 0.680. The molecule has 3 rings (SSSR count). The van der Waals surface area contributed by atoms with Gasteiger partial charge in [0, 0.05) is 24.0 Å². The number of nitrogens with one attached hydrogen (secondary N) is 1. The van der Waals surface area contributed by atoms with Crippen LogP contribution in [0.15, 0.2) is 48.9 Å². The Morgan fingerprint density at radius 1 is 1.11 bits per heavy atom. The number of hydrogen-bond acceptors (Lipinski definition) is 3. The predicted molar refractivity (Wildman–Crippen MR) is 71.0 cm³/mol. The maximum Gasteiger partial charge on any atom is 0.123 e. The molecule has 0 saturated carbocycles. The second-order valence-corrected chi connectivity index (χ2v) is 4.27. The van der Waals surface area contributed by atoms with E-state index in [1.807, 2.05) is 30.5 Å². The van der Waals surface area contributed by atoms with Crippen LogP contribution in [0.1, 0.15) is 17.4 Å². The fourth-order valence-electron chi connectivity index (χ4n) is 2.15. The molecule has 3 aromatic rings. The summed E-state index contributed by atoms with van der Waals surface area (Å²) in [5.74, 6) is 0.816. The van der Waals surface area contributed by atoms with Crippen molar-refractivity contribution < 1.29 is 0 Å². The van der Waals surface area contributed by atoms with Gasteiger partial charge in [-0.15, -0.1) is 0 Å². The van der Waals surface area contributed by atoms with Gasteiger partial charge in [-0.1, -0.05) is 18.2 Å². The Morgan fingerprint density at radius 2 is 2.00 bits per heavy atom. The largest absolute Gasteiger partial charge is 0.347 e. The van der Waals surface area contributed by atoms with Crippen molar-refractivity contribution in [2.75, 3.05) is 0 Å². The first kappa shape index (κ1) is 10.9. The van der Waals surface area contributed by atoms with Crippen molar-refractivity contribution in [1.29, 1.82) is 0 Å². The van der Waals surface area contributed by atoms with Crippen molar-refractivity contribution in [2.24, 2.45) is 5.73 Å². The van der Waals surface area contributed by atoms with E-state index in [-0.39, 0.29) is 6.04 Å². The quantitative estimate of drug-likeness (QED) is 0.735. The fourth-order valence-corrected chi connectivity index (χ4v) is 2.15. The average molecular weight is 238 g/mol. The normalized spacial score (nSPS) is 12.7. The van der Waals surface area contributed by atoms with Gasteiger partial charge in [-0.25, -0.2) is 4.98 Å². The van der Waals surface area contributed by atoms with Gasteiger partial charge < -0.3 is 10.7 Å². The Balaban J connectivity index is 1.95. The molecule has 0 bridgehead atoms. The summed E-state index contributed by atoms with van der Waals surface area (Å²) in [6.07, 6.45) is 6.09. The summed E-state index contributed by atoms with van der Waals surface area (Å²) < 4.78 is 0. The molecule has 1 atom stereocenters. The highest BCUT2D eigenvalue weighted by Crippen LogP contribution is 2.20. The molecule has 4 heteroatoms. The number of hydrogen-bond donors (Lipinski definition) is 2. The maximum atomic E-state index is 6.15. The van der Waals surface area contributed by atoms with Crippen LogP contribution in [-0.4, -0.2) is 15.0 Å². The van der Waals surface area contributed by atoms with Gasteiger partial charge in [-0.2, -0.15) is 0 Å². The lowest BCUT2D eigenvalue weighted by Gasteiger charge is -2.10. The van der Waals surface area contributed by atoms with Crippen LogP contribution < -0.4 is 5.73 Å². The molecule has 4 nitrogen and oxygen atoms in total. The number of pyridine rings is 1. The lowest BCUT2D eigenvalue weighted by atomic mass is 10.0. The van der Waals surface area contributed by atoms with Gasteiger partial charge >= 0.3 is 0 Å². The first-order valence-corrected chi connectivity index (χ1v) is 5.92. The molecule has 2 aromatic heterocycles. The molecule has 90 valence electrons. The van der Waals surface area contributed by atoms with Crippen molar-refractivity contribution in [2.45, 2.75) is 12.5 Å². The highest BCUT2D eigenvalue weighted by Gasteiger charge is 2.11. The topological polar surface area (TPSA) is 67.6 Å². The summed E-state index contributed by atoms with van der Waals surface area (Å²) in [7, 11) is 0. The SMILES string of the molecule is NC(Cc1ccnc2ccccc12)c1ncc[nH]1. The summed E-state index contributed by atoms with van der Waals surface area (Å²) in [6, 6.07) is 10.00. The lowest BCUT2D eigenvalue weighted by Crippen LogP contribution is -2.15. The predicted octanol–water partition coefficient (Wildman–Crippen LogP) is 2.20. The average Bonchev–Trinajstić information content (AvgIpc) is 2.93. The summed E-state index contributed by atoms with van der Waals surface area (Å²) in [4.78, 5) is 11.6. The van der Waals surface area contributed by atoms with Gasteiger partial charge in [0.25, 0.3) is 0 Å². The number of aromatic amines is 1. The summed E-state index contributed by atoms with van der Waals surface area (Å²) in [6.45, 7) is 0. The Kier molecular flexibility index (Phi) is 2.78. The van der Waals surface area contributed by atoms with Gasteiger partial charge in [0.2, 0.25) is 0 Å². The molecular weight excluding hydrogens is 224 g/mol. The smallest absolute Gasteiger partial charge is 0.123 e. The van der Waals surface area contributed by atoms with Crippen LogP contribution in [0.2, 0.25) is 0 Å². The van der Waals surface area contributed by atoms with E-state index >= 15 is 0 Å².